The number of hydrogen-bond donors (Lipinski definition) is 2. The van der Waals surface area contributed by atoms with E-state index >= 15 is 0 Å². The Morgan fingerprint density at radius 3 is 2.75 bits per heavy atom. The van der Waals surface area contributed by atoms with Gasteiger partial charge in [-0.1, -0.05) is 6.07 Å². The van der Waals surface area contributed by atoms with Crippen molar-refractivity contribution in [3.05, 3.63) is 58.3 Å². The molecule has 0 unspecified atom stereocenters. The van der Waals surface area contributed by atoms with Gasteiger partial charge in [0, 0.05) is 43.9 Å². The number of hydrogen-bond acceptors (Lipinski definition) is 6. The fraction of sp³-hybridized carbons (Fsp3) is 0.462. The zero-order valence-corrected chi connectivity index (χ0v) is 20.4. The predicted molar refractivity (Wildman–Crippen MR) is 134 cm³/mol. The Morgan fingerprint density at radius 1 is 1.19 bits per heavy atom. The average molecular weight is 494 g/mol. The fourth-order valence-electron chi connectivity index (χ4n) is 5.08. The molecule has 10 nitrogen and oxygen atoms in total. The summed E-state index contributed by atoms with van der Waals surface area (Å²) in [5.41, 5.74) is 2.37. The molecule has 1 saturated carbocycles. The molecule has 1 aromatic carbocycles. The minimum absolute atomic E-state index is 0.0467. The summed E-state index contributed by atoms with van der Waals surface area (Å²) in [5, 5.41) is 13.2. The molecular weight excluding hydrogens is 462 g/mol. The Balaban J connectivity index is 1.48. The van der Waals surface area contributed by atoms with Gasteiger partial charge in [0.1, 0.15) is 12.4 Å². The van der Waals surface area contributed by atoms with Crippen LogP contribution in [0.5, 0.6) is 0 Å². The third-order valence-electron chi connectivity index (χ3n) is 7.25. The van der Waals surface area contributed by atoms with Crippen molar-refractivity contribution in [2.75, 3.05) is 25.1 Å². The molecule has 190 valence electrons. The summed E-state index contributed by atoms with van der Waals surface area (Å²) in [4.78, 5) is 44.0. The van der Waals surface area contributed by atoms with E-state index in [9.17, 15) is 19.5 Å². The van der Waals surface area contributed by atoms with Crippen molar-refractivity contribution in [2.24, 2.45) is 0 Å². The van der Waals surface area contributed by atoms with Crippen LogP contribution in [0.25, 0.3) is 11.0 Å². The highest BCUT2D eigenvalue weighted by Crippen LogP contribution is 2.34. The molecule has 2 aromatic heterocycles. The second-order valence-electron chi connectivity index (χ2n) is 9.61. The van der Waals surface area contributed by atoms with Gasteiger partial charge >= 0.3 is 6.09 Å². The third kappa shape index (κ3) is 4.60. The van der Waals surface area contributed by atoms with Gasteiger partial charge in [0.2, 0.25) is 5.91 Å². The highest BCUT2D eigenvalue weighted by molar-refractivity contribution is 5.95. The van der Waals surface area contributed by atoms with Gasteiger partial charge in [-0.3, -0.25) is 14.5 Å². The number of rotatable bonds is 7. The lowest BCUT2D eigenvalue weighted by Crippen LogP contribution is -2.48. The quantitative estimate of drug-likeness (QED) is 0.520. The van der Waals surface area contributed by atoms with Crippen LogP contribution in [0.15, 0.2) is 41.3 Å². The van der Waals surface area contributed by atoms with Crippen molar-refractivity contribution in [1.82, 2.24) is 19.4 Å². The smallest absolute Gasteiger partial charge is 0.414 e. The Bertz CT molecular complexity index is 1360. The van der Waals surface area contributed by atoms with E-state index in [2.05, 4.69) is 5.32 Å². The van der Waals surface area contributed by atoms with Crippen molar-refractivity contribution in [3.63, 3.8) is 0 Å². The molecule has 0 bridgehead atoms. The van der Waals surface area contributed by atoms with E-state index in [1.165, 1.54) is 13.2 Å². The number of aromatic nitrogens is 3. The largest absolute Gasteiger partial charge is 0.452 e. The summed E-state index contributed by atoms with van der Waals surface area (Å²) in [5.74, 6) is 0.475. The third-order valence-corrected chi connectivity index (χ3v) is 7.25. The van der Waals surface area contributed by atoms with E-state index in [4.69, 9.17) is 9.72 Å². The lowest BCUT2D eigenvalue weighted by molar-refractivity contribution is -0.124. The molecule has 2 N–H and O–H groups in total. The summed E-state index contributed by atoms with van der Waals surface area (Å²) >= 11 is 0. The summed E-state index contributed by atoms with van der Waals surface area (Å²) < 4.78 is 8.45. The number of nitrogens with zero attached hydrogens (tertiary/aromatic N) is 4. The second-order valence-corrected chi connectivity index (χ2v) is 9.61. The minimum atomic E-state index is -0.805. The number of imidazole rings is 1. The monoisotopic (exact) mass is 493 g/mol. The van der Waals surface area contributed by atoms with Gasteiger partial charge in [0.05, 0.1) is 29.4 Å². The number of aliphatic hydroxyl groups is 1. The van der Waals surface area contributed by atoms with Crippen LogP contribution in [0.1, 0.15) is 37.1 Å². The lowest BCUT2D eigenvalue weighted by Gasteiger charge is -2.36. The molecule has 5 rings (SSSR count). The number of ether oxygens (including phenoxy) is 1. The standard InChI is InChI=1S/C26H31N5O5/c1-36-25(34)30-14-4-6-18-19(30)8-9-20-24(18)28-21(10-15-29-13-3-2-7-23(29)33)31(20)16-22(32)27-17-26(35)11-5-12-26/h2-3,7-9,13,35H,4-6,10-12,14-17H2,1H3,(H,27,32). The van der Waals surface area contributed by atoms with E-state index < -0.39 is 11.7 Å². The zero-order chi connectivity index (χ0) is 25.3. The summed E-state index contributed by atoms with van der Waals surface area (Å²) in [6, 6.07) is 8.79. The molecule has 0 radical (unpaired) electrons. The van der Waals surface area contributed by atoms with Crippen LogP contribution in [-0.2, 0) is 35.5 Å². The molecule has 0 saturated heterocycles. The Kier molecular flexibility index (Phi) is 6.53. The molecule has 0 atom stereocenters. The molecule has 3 aromatic rings. The maximum Gasteiger partial charge on any atom is 0.414 e. The number of nitrogens with one attached hydrogen (secondary N) is 1. The normalized spacial score (nSPS) is 16.3. The first-order valence-electron chi connectivity index (χ1n) is 12.4. The van der Waals surface area contributed by atoms with Crippen molar-refractivity contribution >= 4 is 28.7 Å². The van der Waals surface area contributed by atoms with Gasteiger partial charge in [0.15, 0.2) is 0 Å². The van der Waals surface area contributed by atoms with Gasteiger partial charge in [-0.15, -0.1) is 0 Å². The molecule has 1 aliphatic heterocycles. The SMILES string of the molecule is COC(=O)N1CCCc2c1ccc1c2nc(CCn2ccccc2=O)n1CC(=O)NCC1(O)CCC1. The van der Waals surface area contributed by atoms with Gasteiger partial charge < -0.3 is 24.3 Å². The van der Waals surface area contributed by atoms with Crippen LogP contribution in [0.3, 0.4) is 0 Å². The topological polar surface area (TPSA) is 119 Å². The molecule has 1 aliphatic carbocycles. The van der Waals surface area contributed by atoms with Crippen LogP contribution >= 0.6 is 0 Å². The van der Waals surface area contributed by atoms with E-state index in [1.54, 1.807) is 27.8 Å². The maximum atomic E-state index is 12.9. The summed E-state index contributed by atoms with van der Waals surface area (Å²) in [6.45, 7) is 1.27. The van der Waals surface area contributed by atoms with Crippen molar-refractivity contribution in [2.45, 2.75) is 57.2 Å². The molecule has 10 heteroatoms. The van der Waals surface area contributed by atoms with E-state index in [0.29, 0.717) is 38.2 Å². The molecule has 0 spiro atoms. The minimum Gasteiger partial charge on any atom is -0.452 e. The molecule has 2 aliphatic rings. The highest BCUT2D eigenvalue weighted by atomic mass is 16.5. The number of fused-ring (bicyclic) bond motifs is 3. The average Bonchev–Trinajstić information content (AvgIpc) is 3.22. The van der Waals surface area contributed by atoms with E-state index in [1.807, 2.05) is 16.7 Å². The van der Waals surface area contributed by atoms with Crippen LogP contribution < -0.4 is 15.8 Å². The highest BCUT2D eigenvalue weighted by Gasteiger charge is 2.34. The van der Waals surface area contributed by atoms with Crippen LogP contribution in [0, 0.1) is 0 Å². The van der Waals surface area contributed by atoms with Gasteiger partial charge in [0.25, 0.3) is 5.56 Å². The molecular formula is C26H31N5O5. The lowest BCUT2D eigenvalue weighted by atomic mass is 9.80. The Morgan fingerprint density at radius 2 is 2.03 bits per heavy atom. The van der Waals surface area contributed by atoms with Crippen LogP contribution in [0.2, 0.25) is 0 Å². The predicted octanol–water partition coefficient (Wildman–Crippen LogP) is 1.99. The molecule has 3 heterocycles. The Hall–Kier alpha value is -3.66. The number of aryl methyl sites for hydroxylation is 3. The number of pyridine rings is 1. The van der Waals surface area contributed by atoms with Crippen LogP contribution in [0.4, 0.5) is 10.5 Å². The van der Waals surface area contributed by atoms with Crippen molar-refractivity contribution < 1.29 is 19.4 Å². The zero-order valence-electron chi connectivity index (χ0n) is 20.4. The first-order chi connectivity index (χ1) is 17.4. The number of anilines is 1. The van der Waals surface area contributed by atoms with E-state index in [-0.39, 0.29) is 24.6 Å². The van der Waals surface area contributed by atoms with Crippen molar-refractivity contribution in [1.29, 1.82) is 0 Å². The number of carbonyl (C=O) groups is 2. The van der Waals surface area contributed by atoms with Gasteiger partial charge in [-0.25, -0.2) is 9.78 Å². The number of carbonyl (C=O) groups excluding carboxylic acids is 2. The van der Waals surface area contributed by atoms with E-state index in [0.717, 1.165) is 41.5 Å². The maximum absolute atomic E-state index is 12.9. The second kappa shape index (κ2) is 9.77. The number of amides is 2. The first-order valence-corrected chi connectivity index (χ1v) is 12.4. The first kappa shape index (κ1) is 24.1. The molecule has 1 fully saturated rings. The van der Waals surface area contributed by atoms with Gasteiger partial charge in [-0.2, -0.15) is 0 Å². The fourth-order valence-corrected chi connectivity index (χ4v) is 5.08. The molecule has 36 heavy (non-hydrogen) atoms. The van der Waals surface area contributed by atoms with Gasteiger partial charge in [-0.05, 0) is 50.3 Å². The van der Waals surface area contributed by atoms with Crippen LogP contribution in [-0.4, -0.2) is 57.0 Å². The Labute approximate surface area is 208 Å². The number of benzene rings is 1. The van der Waals surface area contributed by atoms with Crippen molar-refractivity contribution in [3.8, 4) is 0 Å². The molecule has 2 amide bonds. The number of methoxy groups -OCH3 is 1. The summed E-state index contributed by atoms with van der Waals surface area (Å²) in [7, 11) is 1.37. The summed E-state index contributed by atoms with van der Waals surface area (Å²) in [6.07, 6.45) is 5.67.